The highest BCUT2D eigenvalue weighted by molar-refractivity contribution is 6.44. The van der Waals surface area contributed by atoms with Crippen LogP contribution in [0, 0.1) is 13.8 Å². The molecular formula is C21H31ClN2O. The molecule has 1 aromatic rings. The third-order valence-corrected chi connectivity index (χ3v) is 2.88. The monoisotopic (exact) mass is 362 g/mol. The lowest BCUT2D eigenvalue weighted by Crippen LogP contribution is -2.21. The number of carbonyl (C=O) groups is 1. The van der Waals surface area contributed by atoms with Crippen molar-refractivity contribution in [3.05, 3.63) is 64.3 Å². The molecule has 0 bridgehead atoms. The third-order valence-electron chi connectivity index (χ3n) is 2.80. The van der Waals surface area contributed by atoms with Gasteiger partial charge in [0.25, 0.3) is 5.91 Å². The van der Waals surface area contributed by atoms with Crippen LogP contribution >= 0.6 is 11.6 Å². The van der Waals surface area contributed by atoms with E-state index in [9.17, 15) is 4.79 Å². The van der Waals surface area contributed by atoms with E-state index in [-0.39, 0.29) is 10.9 Å². The predicted octanol–water partition coefficient (Wildman–Crippen LogP) is 5.95. The van der Waals surface area contributed by atoms with Crippen molar-refractivity contribution in [2.45, 2.75) is 48.5 Å². The van der Waals surface area contributed by atoms with E-state index in [1.54, 1.807) is 6.08 Å². The molecule has 4 heteroatoms. The second-order valence-electron chi connectivity index (χ2n) is 5.26. The Bertz CT molecular complexity index is 632. The summed E-state index contributed by atoms with van der Waals surface area (Å²) in [6.45, 7) is 17.3. The number of nitrogens with two attached hydrogens (primary N) is 1. The first-order chi connectivity index (χ1) is 11.7. The van der Waals surface area contributed by atoms with Crippen LogP contribution < -0.4 is 5.73 Å². The molecule has 0 aromatic heterocycles. The van der Waals surface area contributed by atoms with E-state index in [0.29, 0.717) is 0 Å². The highest BCUT2D eigenvalue weighted by Crippen LogP contribution is 2.14. The Morgan fingerprint density at radius 3 is 2.00 bits per heavy atom. The number of rotatable bonds is 4. The van der Waals surface area contributed by atoms with Crippen molar-refractivity contribution < 1.29 is 4.79 Å². The second-order valence-corrected chi connectivity index (χ2v) is 5.70. The standard InChI is InChI=1S/C11H14.C8H11ClN2O.C2H6/c1-4-6-11-9(2)7-5-8-10(11)3;1-5(2)4-7(8(10)12)11-6(3)9;1-2/h4-8H,1-3H3;4H,3H2,1-2H3,(H2,10,12);1-2H3/b6-4-;11-7+;. The molecule has 1 amide bonds. The van der Waals surface area contributed by atoms with Crippen molar-refractivity contribution in [3.63, 3.8) is 0 Å². The number of halogens is 1. The Morgan fingerprint density at radius 2 is 1.68 bits per heavy atom. The summed E-state index contributed by atoms with van der Waals surface area (Å²) >= 11 is 5.38. The van der Waals surface area contributed by atoms with Crippen molar-refractivity contribution in [3.8, 4) is 0 Å². The molecule has 2 N–H and O–H groups in total. The number of hydrogen-bond donors (Lipinski definition) is 1. The van der Waals surface area contributed by atoms with Gasteiger partial charge < -0.3 is 5.73 Å². The molecule has 0 heterocycles. The minimum absolute atomic E-state index is 0.0429. The molecule has 138 valence electrons. The maximum Gasteiger partial charge on any atom is 0.267 e. The van der Waals surface area contributed by atoms with Gasteiger partial charge >= 0.3 is 0 Å². The minimum Gasteiger partial charge on any atom is -0.364 e. The van der Waals surface area contributed by atoms with Gasteiger partial charge in [-0.2, -0.15) is 0 Å². The van der Waals surface area contributed by atoms with Crippen molar-refractivity contribution in [1.29, 1.82) is 0 Å². The summed E-state index contributed by atoms with van der Waals surface area (Å²) in [6, 6.07) is 6.38. The summed E-state index contributed by atoms with van der Waals surface area (Å²) in [4.78, 5) is 14.4. The summed E-state index contributed by atoms with van der Waals surface area (Å²) in [5, 5.41) is 0.0429. The fourth-order valence-corrected chi connectivity index (χ4v) is 1.91. The number of carbonyl (C=O) groups excluding carboxylic acids is 1. The van der Waals surface area contributed by atoms with Gasteiger partial charge in [0.15, 0.2) is 0 Å². The van der Waals surface area contributed by atoms with E-state index in [1.807, 2.05) is 34.6 Å². The van der Waals surface area contributed by atoms with E-state index in [2.05, 4.69) is 55.8 Å². The molecule has 0 saturated carbocycles. The lowest BCUT2D eigenvalue weighted by molar-refractivity contribution is -0.111. The molecule has 0 unspecified atom stereocenters. The Hall–Kier alpha value is -2.13. The molecular weight excluding hydrogens is 332 g/mol. The van der Waals surface area contributed by atoms with Crippen LogP contribution in [0.25, 0.3) is 6.08 Å². The van der Waals surface area contributed by atoms with Crippen LogP contribution in [0.3, 0.4) is 0 Å². The smallest absolute Gasteiger partial charge is 0.267 e. The Labute approximate surface area is 158 Å². The SMILES string of the molecule is C/C=C\c1c(C)cccc1C.C=C(Cl)/N=C(\C=C(C)C)C(N)=O.CC. The fraction of sp³-hybridized carbons (Fsp3) is 0.333. The maximum atomic E-state index is 10.7. The first-order valence-electron chi connectivity index (χ1n) is 8.25. The quantitative estimate of drug-likeness (QED) is 0.522. The highest BCUT2D eigenvalue weighted by atomic mass is 35.5. The van der Waals surface area contributed by atoms with Gasteiger partial charge in [-0.15, -0.1) is 0 Å². The van der Waals surface area contributed by atoms with Crippen molar-refractivity contribution in [1.82, 2.24) is 0 Å². The van der Waals surface area contributed by atoms with Gasteiger partial charge in [-0.25, -0.2) is 4.99 Å². The lowest BCUT2D eigenvalue weighted by atomic mass is 10.0. The number of benzene rings is 1. The van der Waals surface area contributed by atoms with E-state index < -0.39 is 5.91 Å². The van der Waals surface area contributed by atoms with Gasteiger partial charge in [-0.1, -0.05) is 68.0 Å². The van der Waals surface area contributed by atoms with Crippen LogP contribution in [0.5, 0.6) is 0 Å². The maximum absolute atomic E-state index is 10.7. The lowest BCUT2D eigenvalue weighted by Gasteiger charge is -2.02. The largest absolute Gasteiger partial charge is 0.364 e. The first kappa shape index (κ1) is 25.1. The molecule has 0 radical (unpaired) electrons. The molecule has 25 heavy (non-hydrogen) atoms. The van der Waals surface area contributed by atoms with Gasteiger partial charge in [0.2, 0.25) is 0 Å². The van der Waals surface area contributed by atoms with Crippen LogP contribution in [0.15, 0.2) is 52.7 Å². The molecule has 0 aliphatic rings. The highest BCUT2D eigenvalue weighted by Gasteiger charge is 2.02. The van der Waals surface area contributed by atoms with E-state index in [4.69, 9.17) is 17.3 Å². The number of nitrogens with zero attached hydrogens (tertiary/aromatic N) is 1. The average Bonchev–Trinajstić information content (AvgIpc) is 2.52. The molecule has 0 aliphatic carbocycles. The number of amides is 1. The molecule has 0 aliphatic heterocycles. The van der Waals surface area contributed by atoms with Gasteiger partial charge in [0, 0.05) is 0 Å². The van der Waals surface area contributed by atoms with E-state index in [1.165, 1.54) is 16.7 Å². The average molecular weight is 363 g/mol. The molecule has 0 atom stereocenters. The van der Waals surface area contributed by atoms with Crippen molar-refractivity contribution >= 4 is 29.3 Å². The zero-order valence-corrected chi connectivity index (χ0v) is 17.2. The van der Waals surface area contributed by atoms with Crippen LogP contribution in [0.2, 0.25) is 0 Å². The summed E-state index contributed by atoms with van der Waals surface area (Å²) in [5.74, 6) is -0.613. The van der Waals surface area contributed by atoms with Crippen LogP contribution in [-0.2, 0) is 4.79 Å². The molecule has 1 aromatic carbocycles. The van der Waals surface area contributed by atoms with E-state index >= 15 is 0 Å². The number of hydrogen-bond acceptors (Lipinski definition) is 2. The molecule has 0 fully saturated rings. The molecule has 1 rings (SSSR count). The van der Waals surface area contributed by atoms with Gasteiger partial charge in [0.1, 0.15) is 10.9 Å². The van der Waals surface area contributed by atoms with Gasteiger partial charge in [0.05, 0.1) is 0 Å². The van der Waals surface area contributed by atoms with Crippen LogP contribution in [0.4, 0.5) is 0 Å². The summed E-state index contributed by atoms with van der Waals surface area (Å²) in [6.07, 6.45) is 5.79. The molecule has 0 spiro atoms. The Kier molecular flexibility index (Phi) is 14.3. The fourth-order valence-electron chi connectivity index (χ4n) is 1.82. The van der Waals surface area contributed by atoms with Crippen LogP contribution in [-0.4, -0.2) is 11.6 Å². The van der Waals surface area contributed by atoms with Gasteiger partial charge in [-0.3, -0.25) is 4.79 Å². The zero-order valence-electron chi connectivity index (χ0n) is 16.5. The summed E-state index contributed by atoms with van der Waals surface area (Å²) < 4.78 is 0. The zero-order chi connectivity index (χ0) is 20.0. The van der Waals surface area contributed by atoms with Crippen molar-refractivity contribution in [2.24, 2.45) is 10.7 Å². The summed E-state index contributed by atoms with van der Waals surface area (Å²) in [7, 11) is 0. The number of primary amides is 1. The number of aryl methyl sites for hydroxylation is 2. The Morgan fingerprint density at radius 1 is 1.20 bits per heavy atom. The van der Waals surface area contributed by atoms with E-state index in [0.717, 1.165) is 5.57 Å². The number of aliphatic imine (C=N–C) groups is 1. The second kappa shape index (κ2) is 14.2. The van der Waals surface area contributed by atoms with Crippen molar-refractivity contribution in [2.75, 3.05) is 0 Å². The first-order valence-corrected chi connectivity index (χ1v) is 8.63. The minimum atomic E-state index is -0.613. The third kappa shape index (κ3) is 12.0. The topological polar surface area (TPSA) is 55.4 Å². The Balaban J connectivity index is 0. The van der Waals surface area contributed by atoms with Gasteiger partial charge in [-0.05, 0) is 57.4 Å². The van der Waals surface area contributed by atoms with Crippen LogP contribution in [0.1, 0.15) is 51.3 Å². The molecule has 3 nitrogen and oxygen atoms in total. The predicted molar refractivity (Wildman–Crippen MR) is 113 cm³/mol. The number of allylic oxidation sites excluding steroid dienone is 2. The summed E-state index contributed by atoms with van der Waals surface area (Å²) in [5.41, 5.74) is 10.1. The normalized spacial score (nSPS) is 10.2. The molecule has 0 saturated heterocycles.